The first-order valence-corrected chi connectivity index (χ1v) is 5.52. The summed E-state index contributed by atoms with van der Waals surface area (Å²) in [6, 6.07) is 3.08. The van der Waals surface area contributed by atoms with Crippen LogP contribution in [0.25, 0.3) is 0 Å². The van der Waals surface area contributed by atoms with Crippen molar-refractivity contribution in [3.8, 4) is 5.88 Å². The molecule has 0 fully saturated rings. The molecule has 0 spiro atoms. The van der Waals surface area contributed by atoms with Crippen LogP contribution >= 0.6 is 12.4 Å². The first-order valence-electron chi connectivity index (χ1n) is 5.52. The van der Waals surface area contributed by atoms with Gasteiger partial charge in [-0.2, -0.15) is 13.2 Å². The van der Waals surface area contributed by atoms with Gasteiger partial charge in [-0.05, 0) is 6.07 Å². The van der Waals surface area contributed by atoms with E-state index in [9.17, 15) is 18.0 Å². The number of pyridine rings is 1. The van der Waals surface area contributed by atoms with Crippen LogP contribution in [-0.4, -0.2) is 30.2 Å². The maximum atomic E-state index is 12.1. The van der Waals surface area contributed by atoms with E-state index in [-0.39, 0.29) is 43.7 Å². The van der Waals surface area contributed by atoms with Crippen molar-refractivity contribution in [3.05, 3.63) is 23.9 Å². The highest BCUT2D eigenvalue weighted by Gasteiger charge is 2.29. The van der Waals surface area contributed by atoms with Gasteiger partial charge in [0, 0.05) is 31.3 Å². The number of ether oxygens (including phenoxy) is 1. The Hall–Kier alpha value is -1.54. The first kappa shape index (κ1) is 18.5. The summed E-state index contributed by atoms with van der Waals surface area (Å²) < 4.78 is 40.7. The highest BCUT2D eigenvalue weighted by molar-refractivity contribution is 5.85. The summed E-state index contributed by atoms with van der Waals surface area (Å²) in [5.41, 5.74) is 5.57. The Labute approximate surface area is 120 Å². The number of hydrogen-bond acceptors (Lipinski definition) is 4. The molecule has 0 atom stereocenters. The number of carbonyl (C=O) groups is 1. The Kier molecular flexibility index (Phi) is 7.93. The number of carbonyl (C=O) groups excluding carboxylic acids is 1. The van der Waals surface area contributed by atoms with Crippen molar-refractivity contribution in [2.24, 2.45) is 5.73 Å². The lowest BCUT2D eigenvalue weighted by atomic mass is 10.2. The van der Waals surface area contributed by atoms with Crippen LogP contribution in [-0.2, 0) is 11.3 Å². The highest BCUT2D eigenvalue weighted by Crippen LogP contribution is 2.19. The summed E-state index contributed by atoms with van der Waals surface area (Å²) in [6.45, 7) is -1.18. The van der Waals surface area contributed by atoms with Crippen LogP contribution in [0.2, 0.25) is 0 Å². The van der Waals surface area contributed by atoms with Gasteiger partial charge >= 0.3 is 6.18 Å². The van der Waals surface area contributed by atoms with Crippen molar-refractivity contribution in [3.63, 3.8) is 0 Å². The van der Waals surface area contributed by atoms with E-state index in [1.54, 1.807) is 6.07 Å². The van der Waals surface area contributed by atoms with Crippen LogP contribution in [0, 0.1) is 0 Å². The Morgan fingerprint density at radius 2 is 2.15 bits per heavy atom. The summed E-state index contributed by atoms with van der Waals surface area (Å²) in [7, 11) is 0. The van der Waals surface area contributed by atoms with Crippen LogP contribution in [0.5, 0.6) is 5.88 Å². The third kappa shape index (κ3) is 7.15. The average molecular weight is 314 g/mol. The van der Waals surface area contributed by atoms with Crippen molar-refractivity contribution < 1.29 is 22.7 Å². The lowest BCUT2D eigenvalue weighted by Gasteiger charge is -2.12. The number of nitrogens with two attached hydrogens (primary N) is 1. The molecule has 0 aliphatic carbocycles. The number of halogens is 4. The molecule has 1 aromatic rings. The number of rotatable bonds is 6. The van der Waals surface area contributed by atoms with Crippen LogP contribution in [0.15, 0.2) is 18.3 Å². The SMILES string of the molecule is Cl.NCCC(=O)NCc1cccnc1OCC(F)(F)F. The molecular weight excluding hydrogens is 299 g/mol. The number of nitrogens with one attached hydrogen (secondary N) is 1. The maximum Gasteiger partial charge on any atom is 0.422 e. The molecule has 1 aromatic heterocycles. The standard InChI is InChI=1S/C11H14F3N3O2.ClH/c12-11(13,14)7-19-10-8(2-1-5-16-10)6-17-9(18)3-4-15;/h1-2,5H,3-4,6-7,15H2,(H,17,18);1H. The van der Waals surface area contributed by atoms with Gasteiger partial charge in [0.2, 0.25) is 11.8 Å². The van der Waals surface area contributed by atoms with Crippen LogP contribution in [0.4, 0.5) is 13.2 Å². The molecule has 1 heterocycles. The summed E-state index contributed by atoms with van der Waals surface area (Å²) in [6.07, 6.45) is -2.96. The molecule has 0 radical (unpaired) electrons. The van der Waals surface area contributed by atoms with Gasteiger partial charge in [-0.3, -0.25) is 4.79 Å². The fourth-order valence-electron chi connectivity index (χ4n) is 1.25. The molecular formula is C11H15ClF3N3O2. The number of amides is 1. The van der Waals surface area contributed by atoms with Crippen molar-refractivity contribution in [1.82, 2.24) is 10.3 Å². The Bertz CT molecular complexity index is 430. The summed E-state index contributed by atoms with van der Waals surface area (Å²) in [4.78, 5) is 14.9. The first-order chi connectivity index (χ1) is 8.92. The predicted octanol–water partition coefficient (Wildman–Crippen LogP) is 1.41. The monoisotopic (exact) mass is 313 g/mol. The Balaban J connectivity index is 0.00000361. The minimum atomic E-state index is -4.43. The van der Waals surface area contributed by atoms with E-state index >= 15 is 0 Å². The second-order valence-electron chi connectivity index (χ2n) is 3.69. The Morgan fingerprint density at radius 1 is 1.45 bits per heavy atom. The van der Waals surface area contributed by atoms with Crippen molar-refractivity contribution in [2.45, 2.75) is 19.1 Å². The van der Waals surface area contributed by atoms with Gasteiger partial charge in [0.15, 0.2) is 6.61 Å². The molecule has 0 saturated heterocycles. The van der Waals surface area contributed by atoms with E-state index in [0.717, 1.165) is 0 Å². The third-order valence-corrected chi connectivity index (χ3v) is 2.07. The minimum Gasteiger partial charge on any atom is -0.468 e. The zero-order chi connectivity index (χ0) is 14.3. The second kappa shape index (κ2) is 8.60. The molecule has 20 heavy (non-hydrogen) atoms. The second-order valence-corrected chi connectivity index (χ2v) is 3.69. The average Bonchev–Trinajstić information content (AvgIpc) is 2.34. The van der Waals surface area contributed by atoms with Crippen molar-refractivity contribution in [2.75, 3.05) is 13.2 Å². The summed E-state index contributed by atoms with van der Waals surface area (Å²) in [5, 5.41) is 2.52. The molecule has 0 unspecified atom stereocenters. The molecule has 0 saturated carbocycles. The molecule has 5 nitrogen and oxygen atoms in total. The summed E-state index contributed by atoms with van der Waals surface area (Å²) >= 11 is 0. The zero-order valence-corrected chi connectivity index (χ0v) is 11.3. The topological polar surface area (TPSA) is 77.2 Å². The maximum absolute atomic E-state index is 12.1. The molecule has 1 amide bonds. The fraction of sp³-hybridized carbons (Fsp3) is 0.455. The van der Waals surface area contributed by atoms with Gasteiger partial charge in [-0.1, -0.05) is 6.07 Å². The lowest BCUT2D eigenvalue weighted by Crippen LogP contribution is -2.26. The van der Waals surface area contributed by atoms with E-state index < -0.39 is 12.8 Å². The summed E-state index contributed by atoms with van der Waals surface area (Å²) in [5.74, 6) is -0.430. The van der Waals surface area contributed by atoms with E-state index in [2.05, 4.69) is 15.0 Å². The fourth-order valence-corrected chi connectivity index (χ4v) is 1.25. The molecule has 114 valence electrons. The van der Waals surface area contributed by atoms with Crippen molar-refractivity contribution in [1.29, 1.82) is 0 Å². The molecule has 0 aliphatic rings. The molecule has 0 aromatic carbocycles. The zero-order valence-electron chi connectivity index (χ0n) is 10.4. The van der Waals surface area contributed by atoms with Crippen LogP contribution in [0.3, 0.4) is 0 Å². The number of alkyl halides is 3. The predicted molar refractivity (Wildman–Crippen MR) is 68.6 cm³/mol. The molecule has 0 bridgehead atoms. The number of hydrogen-bond donors (Lipinski definition) is 2. The van der Waals surface area contributed by atoms with Gasteiger partial charge in [0.05, 0.1) is 0 Å². The minimum absolute atomic E-state index is 0. The quantitative estimate of drug-likeness (QED) is 0.832. The number of aromatic nitrogens is 1. The largest absolute Gasteiger partial charge is 0.468 e. The smallest absolute Gasteiger partial charge is 0.422 e. The van der Waals surface area contributed by atoms with E-state index in [4.69, 9.17) is 5.73 Å². The number of nitrogens with zero attached hydrogens (tertiary/aromatic N) is 1. The van der Waals surface area contributed by atoms with E-state index in [1.807, 2.05) is 0 Å². The lowest BCUT2D eigenvalue weighted by molar-refractivity contribution is -0.154. The van der Waals surface area contributed by atoms with E-state index in [1.165, 1.54) is 12.3 Å². The van der Waals surface area contributed by atoms with E-state index in [0.29, 0.717) is 5.56 Å². The van der Waals surface area contributed by atoms with Gasteiger partial charge in [-0.15, -0.1) is 12.4 Å². The van der Waals surface area contributed by atoms with Gasteiger partial charge in [0.25, 0.3) is 0 Å². The molecule has 3 N–H and O–H groups in total. The molecule has 1 rings (SSSR count). The normalized spacial score (nSPS) is 10.6. The van der Waals surface area contributed by atoms with Crippen LogP contribution < -0.4 is 15.8 Å². The van der Waals surface area contributed by atoms with Gasteiger partial charge < -0.3 is 15.8 Å². The third-order valence-electron chi connectivity index (χ3n) is 2.07. The highest BCUT2D eigenvalue weighted by atomic mass is 35.5. The molecule has 9 heteroatoms. The van der Waals surface area contributed by atoms with Crippen LogP contribution in [0.1, 0.15) is 12.0 Å². The molecule has 0 aliphatic heterocycles. The van der Waals surface area contributed by atoms with Crippen molar-refractivity contribution >= 4 is 18.3 Å². The van der Waals surface area contributed by atoms with Gasteiger partial charge in [-0.25, -0.2) is 4.98 Å². The van der Waals surface area contributed by atoms with Gasteiger partial charge in [0.1, 0.15) is 0 Å². The Morgan fingerprint density at radius 3 is 2.75 bits per heavy atom.